The number of rotatable bonds is 4. The van der Waals surface area contributed by atoms with Gasteiger partial charge in [-0.05, 0) is 49.1 Å². The van der Waals surface area contributed by atoms with Gasteiger partial charge in [-0.25, -0.2) is 9.97 Å². The standard InChI is InChI=1S/2C13H12N5O3S.2Y/c1-6-9(4-8(5-14-6)22(20)21)12-15-10-7(2)18(3)17-11(10)13(19)16-12;1-6-9(4-8(5-14-6)22(20)21)12-15-10-7(2)17-18(3)11(10)13(19)16-12;;/h2*4-5H,1-3H3,(H,15,16,19);;/q2*-1;;. The third-order valence-electron chi connectivity index (χ3n) is 6.85. The number of hydrogen-bond acceptors (Lipinski definition) is 14. The van der Waals surface area contributed by atoms with Crippen molar-refractivity contribution in [2.75, 3.05) is 0 Å². The first-order valence-electron chi connectivity index (χ1n) is 12.8. The van der Waals surface area contributed by atoms with Gasteiger partial charge in [-0.2, -0.15) is 10.2 Å². The van der Waals surface area contributed by atoms with Crippen LogP contribution in [0, 0.1) is 27.7 Å². The normalized spacial score (nSPS) is 11.0. The smallest absolute Gasteiger partial charge is 0.279 e. The van der Waals surface area contributed by atoms with Crippen molar-refractivity contribution >= 4 is 43.5 Å². The summed E-state index contributed by atoms with van der Waals surface area (Å²) in [6, 6.07) is 2.86. The first-order valence-corrected chi connectivity index (χ1v) is 14.9. The Morgan fingerprint density at radius 2 is 1.11 bits per heavy atom. The molecule has 0 fully saturated rings. The van der Waals surface area contributed by atoms with E-state index in [1.54, 1.807) is 46.5 Å². The number of pyridine rings is 2. The van der Waals surface area contributed by atoms with Crippen LogP contribution in [0.1, 0.15) is 22.8 Å². The Labute approximate surface area is 314 Å². The van der Waals surface area contributed by atoms with Crippen LogP contribution in [-0.4, -0.2) is 49.5 Å². The monoisotopic (exact) mass is 814 g/mol. The predicted molar refractivity (Wildman–Crippen MR) is 158 cm³/mol. The van der Waals surface area contributed by atoms with E-state index in [1.165, 1.54) is 29.2 Å². The molecule has 0 aromatic carbocycles. The summed E-state index contributed by atoms with van der Waals surface area (Å²) >= 11 is 0. The van der Waals surface area contributed by atoms with Crippen LogP contribution in [0.4, 0.5) is 0 Å². The molecule has 0 spiro atoms. The van der Waals surface area contributed by atoms with E-state index in [0.29, 0.717) is 44.8 Å². The Bertz CT molecular complexity index is 2320. The van der Waals surface area contributed by atoms with Crippen LogP contribution in [0.25, 0.3) is 44.8 Å². The minimum atomic E-state index is -2.40. The summed E-state index contributed by atoms with van der Waals surface area (Å²) < 4.78 is 47.4. The third kappa shape index (κ3) is 7.31. The van der Waals surface area contributed by atoms with Crippen molar-refractivity contribution in [1.82, 2.24) is 49.5 Å². The van der Waals surface area contributed by atoms with Crippen LogP contribution < -0.4 is 11.1 Å². The number of aryl methyl sites for hydroxylation is 6. The van der Waals surface area contributed by atoms with Gasteiger partial charge >= 0.3 is 0 Å². The SMILES string of the molecule is Cc1ncc([S-](=O)=O)cc1-c1nc2c(C)n(C)nc2c(=O)[nH]1.Cc1ncc([S-](=O)=O)cc1-c1nc2c(C)nn(C)c2c(=O)[nH]1.[Y].[Y]. The second-order valence-corrected chi connectivity index (χ2v) is 11.6. The molecule has 234 valence electrons. The molecule has 16 nitrogen and oxygen atoms in total. The van der Waals surface area contributed by atoms with E-state index in [4.69, 9.17) is 0 Å². The summed E-state index contributed by atoms with van der Waals surface area (Å²) in [4.78, 5) is 46.6. The maximum absolute atomic E-state index is 12.2. The average Bonchev–Trinajstić information content (AvgIpc) is 3.43. The van der Waals surface area contributed by atoms with E-state index in [-0.39, 0.29) is 103 Å². The summed E-state index contributed by atoms with van der Waals surface area (Å²) in [5.41, 5.74) is 4.30. The molecule has 0 saturated heterocycles. The molecule has 6 aromatic heterocycles. The molecule has 0 saturated carbocycles. The van der Waals surface area contributed by atoms with Gasteiger partial charge in [0.25, 0.3) is 11.1 Å². The van der Waals surface area contributed by atoms with Gasteiger partial charge in [-0.1, -0.05) is 21.9 Å². The minimum Gasteiger partial charge on any atom is -0.420 e. The molecule has 0 bridgehead atoms. The van der Waals surface area contributed by atoms with E-state index < -0.39 is 21.4 Å². The number of fused-ring (bicyclic) bond motifs is 2. The van der Waals surface area contributed by atoms with Crippen molar-refractivity contribution in [3.8, 4) is 22.8 Å². The topological polar surface area (TPSA) is 221 Å². The van der Waals surface area contributed by atoms with Gasteiger partial charge in [0.2, 0.25) is 0 Å². The molecule has 6 rings (SSSR count). The van der Waals surface area contributed by atoms with Crippen LogP contribution in [0.3, 0.4) is 0 Å². The van der Waals surface area contributed by atoms with Gasteiger partial charge in [0.1, 0.15) is 22.7 Å². The molecular weight excluding hydrogens is 790 g/mol. The first kappa shape index (κ1) is 37.6. The molecule has 6 aromatic rings. The van der Waals surface area contributed by atoms with Crippen LogP contribution >= 0.6 is 0 Å². The fourth-order valence-electron chi connectivity index (χ4n) is 4.48. The molecule has 0 aliphatic rings. The second-order valence-electron chi connectivity index (χ2n) is 9.72. The summed E-state index contributed by atoms with van der Waals surface area (Å²) in [5.74, 6) is 0.539. The van der Waals surface area contributed by atoms with Gasteiger partial charge in [-0.15, -0.1) is 0 Å². The Hall–Kier alpha value is -2.89. The van der Waals surface area contributed by atoms with Crippen molar-refractivity contribution in [2.24, 2.45) is 14.1 Å². The molecule has 46 heavy (non-hydrogen) atoms. The number of H-pyrrole nitrogens is 2. The van der Waals surface area contributed by atoms with Crippen molar-refractivity contribution < 1.29 is 82.3 Å². The molecule has 6 heterocycles. The maximum atomic E-state index is 12.2. The van der Waals surface area contributed by atoms with Gasteiger partial charge < -0.3 is 26.8 Å². The first-order chi connectivity index (χ1) is 20.8. The predicted octanol–water partition coefficient (Wildman–Crippen LogP) is 2.00. The Morgan fingerprint density at radius 3 is 1.61 bits per heavy atom. The molecule has 0 aliphatic heterocycles. The summed E-state index contributed by atoms with van der Waals surface area (Å²) in [6.07, 6.45) is 2.52. The molecule has 20 heteroatoms. The molecule has 0 amide bonds. The van der Waals surface area contributed by atoms with Crippen molar-refractivity contribution in [2.45, 2.75) is 37.5 Å². The van der Waals surface area contributed by atoms with Crippen molar-refractivity contribution in [1.29, 1.82) is 0 Å². The molecule has 0 atom stereocenters. The molecule has 2 radical (unpaired) electrons. The molecule has 0 unspecified atom stereocenters. The Kier molecular flexibility index (Phi) is 12.2. The van der Waals surface area contributed by atoms with Crippen LogP contribution in [0.2, 0.25) is 0 Å². The number of aromatic nitrogens is 10. The second kappa shape index (κ2) is 14.9. The number of aromatic amines is 2. The van der Waals surface area contributed by atoms with E-state index in [9.17, 15) is 26.4 Å². The van der Waals surface area contributed by atoms with E-state index >= 15 is 0 Å². The number of nitrogens with one attached hydrogen (secondary N) is 2. The molecule has 0 aliphatic carbocycles. The van der Waals surface area contributed by atoms with Gasteiger partial charge in [0.05, 0.1) is 11.4 Å². The summed E-state index contributed by atoms with van der Waals surface area (Å²) in [5, 5.41) is 8.29. The van der Waals surface area contributed by atoms with Crippen LogP contribution in [0.15, 0.2) is 43.9 Å². The number of nitrogens with zero attached hydrogens (tertiary/aromatic N) is 8. The van der Waals surface area contributed by atoms with E-state index in [0.717, 1.165) is 5.69 Å². The Balaban J connectivity index is 0.000000240. The zero-order chi connectivity index (χ0) is 32.0. The molecule has 2 N–H and O–H groups in total. The van der Waals surface area contributed by atoms with E-state index in [1.807, 2.05) is 0 Å². The zero-order valence-electron chi connectivity index (χ0n) is 25.3. The van der Waals surface area contributed by atoms with Crippen LogP contribution in [0.5, 0.6) is 0 Å². The number of hydrogen-bond donors (Lipinski definition) is 2. The third-order valence-corrected chi connectivity index (χ3v) is 8.07. The molecular formula is C26H24N10O6S2Y2-2. The van der Waals surface area contributed by atoms with Gasteiger partial charge in [-0.3, -0.25) is 28.9 Å². The van der Waals surface area contributed by atoms with Crippen molar-refractivity contribution in [3.05, 3.63) is 68.0 Å². The zero-order valence-corrected chi connectivity index (χ0v) is 32.6. The average molecular weight is 814 g/mol. The largest absolute Gasteiger partial charge is 0.420 e. The van der Waals surface area contributed by atoms with Gasteiger partial charge in [0, 0.05) is 114 Å². The summed E-state index contributed by atoms with van der Waals surface area (Å²) in [7, 11) is -1.41. The maximum Gasteiger partial charge on any atom is 0.279 e. The fraction of sp³-hybridized carbons (Fsp3) is 0.231. The minimum absolute atomic E-state index is 0. The summed E-state index contributed by atoms with van der Waals surface area (Å²) in [6.45, 7) is 6.99. The van der Waals surface area contributed by atoms with Crippen molar-refractivity contribution in [3.63, 3.8) is 0 Å². The van der Waals surface area contributed by atoms with Gasteiger partial charge in [0.15, 0.2) is 11.0 Å². The fourth-order valence-corrected chi connectivity index (χ4v) is 5.18. The quantitative estimate of drug-likeness (QED) is 0.244. The van der Waals surface area contributed by atoms with E-state index in [2.05, 4.69) is 40.1 Å². The van der Waals surface area contributed by atoms with Crippen LogP contribution in [-0.2, 0) is 118 Å². The Morgan fingerprint density at radius 1 is 0.630 bits per heavy atom.